The van der Waals surface area contributed by atoms with Gasteiger partial charge < -0.3 is 14.6 Å². The number of halogens is 1. The van der Waals surface area contributed by atoms with Crippen LogP contribution in [0.4, 0.5) is 0 Å². The van der Waals surface area contributed by atoms with Gasteiger partial charge >= 0.3 is 0 Å². The molecule has 1 amide bonds. The van der Waals surface area contributed by atoms with E-state index in [1.165, 1.54) is 0 Å². The highest BCUT2D eigenvalue weighted by molar-refractivity contribution is 6.45. The Morgan fingerprint density at radius 1 is 1.14 bits per heavy atom. The quantitative estimate of drug-likeness (QED) is 0.509. The van der Waals surface area contributed by atoms with Crippen molar-refractivity contribution >= 4 is 34.2 Å². The Morgan fingerprint density at radius 2 is 1.93 bits per heavy atom. The van der Waals surface area contributed by atoms with E-state index in [0.717, 1.165) is 29.3 Å². The fraction of sp³-hybridized carbons (Fsp3) is 0.273. The molecule has 2 heterocycles. The van der Waals surface area contributed by atoms with E-state index in [9.17, 15) is 9.59 Å². The molecule has 5 nitrogen and oxygen atoms in total. The van der Waals surface area contributed by atoms with E-state index in [2.05, 4.69) is 5.32 Å². The molecule has 1 N–H and O–H groups in total. The van der Waals surface area contributed by atoms with Crippen molar-refractivity contribution in [3.05, 3.63) is 70.9 Å². The Kier molecular flexibility index (Phi) is 5.46. The summed E-state index contributed by atoms with van der Waals surface area (Å²) in [6, 6.07) is 15.2. The summed E-state index contributed by atoms with van der Waals surface area (Å²) in [4.78, 5) is 25.2. The average Bonchev–Trinajstić information content (AvgIpc) is 3.36. The maximum atomic E-state index is 12.8. The van der Waals surface area contributed by atoms with Gasteiger partial charge in [0.15, 0.2) is 0 Å². The summed E-state index contributed by atoms with van der Waals surface area (Å²) in [5.74, 6) is -1.14. The molecule has 144 valence electrons. The molecule has 1 aliphatic rings. The van der Waals surface area contributed by atoms with Gasteiger partial charge in [-0.05, 0) is 30.5 Å². The summed E-state index contributed by atoms with van der Waals surface area (Å²) in [6.07, 6.45) is 3.63. The van der Waals surface area contributed by atoms with E-state index in [4.69, 9.17) is 16.3 Å². The SMILES string of the molecule is O=C(NCC1CCCO1)C(=O)c1cn(Cc2ccccc2Cl)c2ccccc12. The maximum Gasteiger partial charge on any atom is 0.292 e. The van der Waals surface area contributed by atoms with Crippen molar-refractivity contribution in [2.24, 2.45) is 0 Å². The molecule has 0 aliphatic carbocycles. The number of hydrogen-bond acceptors (Lipinski definition) is 3. The van der Waals surface area contributed by atoms with Crippen LogP contribution in [-0.4, -0.2) is 35.5 Å². The second-order valence-electron chi connectivity index (χ2n) is 6.95. The van der Waals surface area contributed by atoms with Crippen LogP contribution < -0.4 is 5.32 Å². The van der Waals surface area contributed by atoms with Crippen LogP contribution in [0.1, 0.15) is 28.8 Å². The Balaban J connectivity index is 1.59. The highest BCUT2D eigenvalue weighted by atomic mass is 35.5. The number of carbonyl (C=O) groups excluding carboxylic acids is 2. The lowest BCUT2D eigenvalue weighted by Crippen LogP contribution is -2.36. The van der Waals surface area contributed by atoms with Crippen molar-refractivity contribution in [1.82, 2.24) is 9.88 Å². The van der Waals surface area contributed by atoms with Gasteiger partial charge in [0.05, 0.1) is 11.7 Å². The van der Waals surface area contributed by atoms with Crippen LogP contribution in [0.15, 0.2) is 54.7 Å². The van der Waals surface area contributed by atoms with Gasteiger partial charge in [0, 0.05) is 41.8 Å². The summed E-state index contributed by atoms with van der Waals surface area (Å²) in [6.45, 7) is 1.60. The lowest BCUT2D eigenvalue weighted by atomic mass is 10.1. The van der Waals surface area contributed by atoms with Gasteiger partial charge in [0.25, 0.3) is 11.7 Å². The molecule has 28 heavy (non-hydrogen) atoms. The van der Waals surface area contributed by atoms with E-state index in [0.29, 0.717) is 30.3 Å². The smallest absolute Gasteiger partial charge is 0.292 e. The number of nitrogens with one attached hydrogen (secondary N) is 1. The average molecular weight is 397 g/mol. The molecule has 0 saturated carbocycles. The van der Waals surface area contributed by atoms with Crippen molar-refractivity contribution in [1.29, 1.82) is 0 Å². The number of carbonyl (C=O) groups is 2. The zero-order valence-corrected chi connectivity index (χ0v) is 16.1. The molecule has 1 atom stereocenters. The summed E-state index contributed by atoms with van der Waals surface area (Å²) in [7, 11) is 0. The molecule has 1 aliphatic heterocycles. The minimum Gasteiger partial charge on any atom is -0.376 e. The fourth-order valence-corrected chi connectivity index (χ4v) is 3.78. The van der Waals surface area contributed by atoms with Crippen LogP contribution >= 0.6 is 11.6 Å². The highest BCUT2D eigenvalue weighted by Crippen LogP contribution is 2.25. The predicted octanol–water partition coefficient (Wildman–Crippen LogP) is 3.82. The third-order valence-electron chi connectivity index (χ3n) is 5.05. The summed E-state index contributed by atoms with van der Waals surface area (Å²) >= 11 is 6.29. The van der Waals surface area contributed by atoms with Crippen molar-refractivity contribution in [2.75, 3.05) is 13.2 Å². The Hall–Kier alpha value is -2.63. The number of rotatable bonds is 6. The Morgan fingerprint density at radius 3 is 2.71 bits per heavy atom. The second kappa shape index (κ2) is 8.17. The number of fused-ring (bicyclic) bond motifs is 1. The van der Waals surface area contributed by atoms with Crippen molar-refractivity contribution in [2.45, 2.75) is 25.5 Å². The summed E-state index contributed by atoms with van der Waals surface area (Å²) < 4.78 is 7.45. The van der Waals surface area contributed by atoms with Crippen molar-refractivity contribution in [3.63, 3.8) is 0 Å². The largest absolute Gasteiger partial charge is 0.376 e. The van der Waals surface area contributed by atoms with Gasteiger partial charge in [-0.25, -0.2) is 0 Å². The number of aromatic nitrogens is 1. The molecule has 1 fully saturated rings. The molecular weight excluding hydrogens is 376 g/mol. The number of Topliss-reactive ketones (excluding diaryl/α,β-unsaturated/α-hetero) is 1. The van der Waals surface area contributed by atoms with Crippen LogP contribution in [0, 0.1) is 0 Å². The van der Waals surface area contributed by atoms with E-state index < -0.39 is 11.7 Å². The van der Waals surface area contributed by atoms with Gasteiger partial charge in [-0.3, -0.25) is 9.59 Å². The van der Waals surface area contributed by atoms with E-state index in [1.54, 1.807) is 6.20 Å². The number of ether oxygens (including phenoxy) is 1. The molecule has 0 bridgehead atoms. The minimum atomic E-state index is -0.601. The van der Waals surface area contributed by atoms with Gasteiger partial charge in [0.1, 0.15) is 0 Å². The van der Waals surface area contributed by atoms with Gasteiger partial charge in [-0.15, -0.1) is 0 Å². The predicted molar refractivity (Wildman–Crippen MR) is 109 cm³/mol. The van der Waals surface area contributed by atoms with Crippen molar-refractivity contribution < 1.29 is 14.3 Å². The summed E-state index contributed by atoms with van der Waals surface area (Å²) in [5.41, 5.74) is 2.23. The van der Waals surface area contributed by atoms with Gasteiger partial charge in [-0.2, -0.15) is 0 Å². The van der Waals surface area contributed by atoms with Crippen LogP contribution in [0.2, 0.25) is 5.02 Å². The van der Waals surface area contributed by atoms with Crippen LogP contribution in [0.25, 0.3) is 10.9 Å². The number of nitrogens with zero attached hydrogens (tertiary/aromatic N) is 1. The molecular formula is C22H21ClN2O3. The lowest BCUT2D eigenvalue weighted by molar-refractivity contribution is -0.117. The molecule has 1 unspecified atom stereocenters. The van der Waals surface area contributed by atoms with Crippen LogP contribution in [0.5, 0.6) is 0 Å². The van der Waals surface area contributed by atoms with Crippen LogP contribution in [-0.2, 0) is 16.1 Å². The van der Waals surface area contributed by atoms with Crippen molar-refractivity contribution in [3.8, 4) is 0 Å². The maximum absolute atomic E-state index is 12.8. The number of ketones is 1. The standard InChI is InChI=1S/C22H21ClN2O3/c23-19-9-3-1-6-15(19)13-25-14-18(17-8-2-4-10-20(17)25)21(26)22(27)24-12-16-7-5-11-28-16/h1-4,6,8-10,14,16H,5,7,11-13H2,(H,24,27). The fourth-order valence-electron chi connectivity index (χ4n) is 3.58. The second-order valence-corrected chi connectivity index (χ2v) is 7.36. The first kappa shape index (κ1) is 18.7. The van der Waals surface area contributed by atoms with Crippen LogP contribution in [0.3, 0.4) is 0 Å². The topological polar surface area (TPSA) is 60.3 Å². The molecule has 6 heteroatoms. The third kappa shape index (κ3) is 3.81. The first-order valence-corrected chi connectivity index (χ1v) is 9.76. The molecule has 2 aromatic carbocycles. The van der Waals surface area contributed by atoms with E-state index in [1.807, 2.05) is 53.1 Å². The molecule has 1 aromatic heterocycles. The first-order chi connectivity index (χ1) is 13.6. The molecule has 4 rings (SSSR count). The van der Waals surface area contributed by atoms with Gasteiger partial charge in [-0.1, -0.05) is 48.0 Å². The lowest BCUT2D eigenvalue weighted by Gasteiger charge is -2.09. The molecule has 0 radical (unpaired) electrons. The number of amides is 1. The normalized spacial score (nSPS) is 16.4. The molecule has 0 spiro atoms. The zero-order valence-electron chi connectivity index (χ0n) is 15.4. The Bertz CT molecular complexity index is 1020. The number of hydrogen-bond donors (Lipinski definition) is 1. The van der Waals surface area contributed by atoms with E-state index >= 15 is 0 Å². The Labute approximate surface area is 168 Å². The van der Waals surface area contributed by atoms with E-state index in [-0.39, 0.29) is 6.10 Å². The number of para-hydroxylation sites is 1. The zero-order chi connectivity index (χ0) is 19.5. The first-order valence-electron chi connectivity index (χ1n) is 9.39. The molecule has 1 saturated heterocycles. The highest BCUT2D eigenvalue weighted by Gasteiger charge is 2.23. The number of benzene rings is 2. The minimum absolute atomic E-state index is 0.00156. The molecule has 3 aromatic rings. The summed E-state index contributed by atoms with van der Waals surface area (Å²) in [5, 5.41) is 4.14. The monoisotopic (exact) mass is 396 g/mol. The van der Waals surface area contributed by atoms with Gasteiger partial charge in [0.2, 0.25) is 0 Å². The third-order valence-corrected chi connectivity index (χ3v) is 5.42.